The normalized spacial score (nSPS) is 13.0. The molecule has 0 saturated carbocycles. The molecule has 4 aromatic rings. The van der Waals surface area contributed by atoms with E-state index in [2.05, 4.69) is 81.2 Å². The van der Waals surface area contributed by atoms with Gasteiger partial charge >= 0.3 is 0 Å². The molecule has 0 radical (unpaired) electrons. The van der Waals surface area contributed by atoms with E-state index in [1.807, 2.05) is 57.6 Å². The minimum absolute atomic E-state index is 0.109. The number of ether oxygens (including phenoxy) is 5. The summed E-state index contributed by atoms with van der Waals surface area (Å²) >= 11 is 0. The fraction of sp³-hybridized carbons (Fsp3) is 0.340. The van der Waals surface area contributed by atoms with Crippen LogP contribution in [0.15, 0.2) is 102 Å². The highest BCUT2D eigenvalue weighted by atomic mass is 16.5. The third-order valence-electron chi connectivity index (χ3n) is 9.93. The van der Waals surface area contributed by atoms with Crippen LogP contribution in [0.4, 0.5) is 17.1 Å². The zero-order chi connectivity index (χ0) is 42.9. The van der Waals surface area contributed by atoms with Gasteiger partial charge in [-0.05, 0) is 117 Å². The van der Waals surface area contributed by atoms with Gasteiger partial charge in [0.2, 0.25) is 0 Å². The van der Waals surface area contributed by atoms with Crippen LogP contribution in [0.5, 0.6) is 28.7 Å². The summed E-state index contributed by atoms with van der Waals surface area (Å²) in [4.78, 5) is 22.4. The molecule has 0 heterocycles. The molecule has 1 N–H and O–H groups in total. The Morgan fingerprint density at radius 2 is 1.14 bits per heavy atom. The summed E-state index contributed by atoms with van der Waals surface area (Å²) in [7, 11) is 6.76. The molecule has 0 unspecified atom stereocenters. The van der Waals surface area contributed by atoms with E-state index in [9.17, 15) is 4.79 Å². The van der Waals surface area contributed by atoms with Crippen molar-refractivity contribution in [2.24, 2.45) is 21.8 Å². The monoisotopic (exact) mass is 799 g/mol. The highest BCUT2D eigenvalue weighted by Gasteiger charge is 2.17. The number of allylic oxidation sites excluding steroid dienone is 5. The van der Waals surface area contributed by atoms with E-state index < -0.39 is 0 Å². The van der Waals surface area contributed by atoms with Crippen LogP contribution in [-0.2, 0) is 0 Å². The van der Waals surface area contributed by atoms with E-state index in [0.717, 1.165) is 46.7 Å². The Hall–Kier alpha value is -6.09. The van der Waals surface area contributed by atoms with Crippen molar-refractivity contribution in [3.05, 3.63) is 114 Å². The van der Waals surface area contributed by atoms with Crippen LogP contribution >= 0.6 is 0 Å². The summed E-state index contributed by atoms with van der Waals surface area (Å²) in [5.74, 6) is 3.14. The van der Waals surface area contributed by atoms with E-state index in [0.29, 0.717) is 53.9 Å². The van der Waals surface area contributed by atoms with Crippen molar-refractivity contribution in [3.63, 3.8) is 0 Å². The second kappa shape index (κ2) is 22.7. The first-order chi connectivity index (χ1) is 28.4. The molecule has 0 fully saturated rings. The molecule has 0 bridgehead atoms. The number of carbonyl (C=O) groups excluding carboxylic acids is 1. The molecule has 4 rings (SSSR count). The largest absolute Gasteiger partial charge is 0.497 e. The zero-order valence-corrected chi connectivity index (χ0v) is 36.5. The number of rotatable bonds is 22. The predicted octanol–water partition coefficient (Wildman–Crippen LogP) is 12.5. The van der Waals surface area contributed by atoms with Crippen molar-refractivity contribution >= 4 is 52.0 Å². The third kappa shape index (κ3) is 13.0. The minimum Gasteiger partial charge on any atom is -0.497 e. The number of Topliss-reactive ketones (excluding diaryl/α,β-unsaturated/α-hetero) is 1. The molecule has 0 aliphatic rings. The van der Waals surface area contributed by atoms with Gasteiger partial charge in [-0.25, -0.2) is 0 Å². The van der Waals surface area contributed by atoms with Gasteiger partial charge in [0.15, 0.2) is 28.8 Å². The third-order valence-corrected chi connectivity index (χ3v) is 9.93. The maximum absolute atomic E-state index is 12.7. The lowest BCUT2D eigenvalue weighted by molar-refractivity contribution is 0.101. The summed E-state index contributed by atoms with van der Waals surface area (Å²) in [6.07, 6.45) is 10.3. The smallest absolute Gasteiger partial charge is 0.163 e. The lowest BCUT2D eigenvalue weighted by atomic mass is 9.95. The second-order valence-electron chi connectivity index (χ2n) is 14.5. The number of ketones is 1. The molecule has 0 aliphatic carbocycles. The summed E-state index contributed by atoms with van der Waals surface area (Å²) in [6, 6.07) is 23.8. The predicted molar refractivity (Wildman–Crippen MR) is 246 cm³/mol. The first-order valence-electron chi connectivity index (χ1n) is 20.1. The van der Waals surface area contributed by atoms with Gasteiger partial charge in [-0.1, -0.05) is 56.8 Å². The molecule has 312 valence electrons. The van der Waals surface area contributed by atoms with E-state index in [1.54, 1.807) is 33.5 Å². The number of benzene rings is 4. The molecular formula is C50H61N3O6. The Morgan fingerprint density at radius 1 is 0.678 bits per heavy atom. The lowest BCUT2D eigenvalue weighted by Gasteiger charge is -2.16. The summed E-state index contributed by atoms with van der Waals surface area (Å²) in [5, 5.41) is 3.16. The maximum atomic E-state index is 12.7. The summed E-state index contributed by atoms with van der Waals surface area (Å²) in [6.45, 7) is 16.7. The van der Waals surface area contributed by atoms with Crippen molar-refractivity contribution in [1.29, 1.82) is 0 Å². The number of anilines is 1. The van der Waals surface area contributed by atoms with E-state index >= 15 is 0 Å². The lowest BCUT2D eigenvalue weighted by Crippen LogP contribution is -2.07. The minimum atomic E-state index is -0.109. The van der Waals surface area contributed by atoms with Gasteiger partial charge in [-0.3, -0.25) is 14.8 Å². The Labute approximate surface area is 351 Å². The van der Waals surface area contributed by atoms with Crippen LogP contribution in [0.25, 0.3) is 16.7 Å². The molecular weight excluding hydrogens is 739 g/mol. The first kappa shape index (κ1) is 45.6. The van der Waals surface area contributed by atoms with Crippen LogP contribution in [0, 0.1) is 11.8 Å². The number of nitrogens with one attached hydrogen (secondary N) is 1. The number of aliphatic imine (C=N–C) groups is 2. The fourth-order valence-electron chi connectivity index (χ4n) is 6.58. The van der Waals surface area contributed by atoms with Gasteiger partial charge in [-0.2, -0.15) is 0 Å². The topological polar surface area (TPSA) is 100.0 Å². The van der Waals surface area contributed by atoms with Crippen molar-refractivity contribution < 1.29 is 28.5 Å². The number of methoxy groups -OCH3 is 3. The summed E-state index contributed by atoms with van der Waals surface area (Å²) < 4.78 is 29.1. The first-order valence-corrected chi connectivity index (χ1v) is 20.1. The van der Waals surface area contributed by atoms with Crippen LogP contribution in [0.3, 0.4) is 0 Å². The molecule has 0 aromatic heterocycles. The fourth-order valence-corrected chi connectivity index (χ4v) is 6.58. The maximum Gasteiger partial charge on any atom is 0.163 e. The molecule has 4 aromatic carbocycles. The molecule has 0 saturated heterocycles. The van der Waals surface area contributed by atoms with Crippen LogP contribution in [0.1, 0.15) is 87.9 Å². The summed E-state index contributed by atoms with van der Waals surface area (Å²) in [5.41, 5.74) is 9.37. The number of hydrogen-bond acceptors (Lipinski definition) is 9. The molecule has 9 heteroatoms. The van der Waals surface area contributed by atoms with Crippen LogP contribution in [-0.4, -0.2) is 59.8 Å². The van der Waals surface area contributed by atoms with E-state index in [4.69, 9.17) is 33.7 Å². The van der Waals surface area contributed by atoms with Gasteiger partial charge in [0.05, 0.1) is 45.9 Å². The standard InChI is InChI=1S/C50H61N3O6/c1-12-37(39-15-19-41(51-8)20-16-39)25-35(6)32-53-46-30-50(48(57-11)28-44(46)36(7)54)59-24-14-23-58-49-29-45(43(33(3)4)27-47(49)56-10)52-31-34(5)26-38(13-2)40-17-21-42(55-9)22-18-40/h12-13,15-22,27-32,34-35,51H,3,14,23-26H2,1-2,4-11H3/b37-12+,38-13+,52-31-,53-32-/t34-,35-/m0/s1. The SMILES string of the molecule is C=C(C)c1cc(OC)c(OCCCOc2cc(/N=C\[C@@H](C)C/C(=C\C)c3ccc(NC)cc3)c(C(C)=O)cc2OC)cc1/N=C\[C@@H](C)C/C(=C\C)c1ccc(OC)cc1. The zero-order valence-electron chi connectivity index (χ0n) is 36.5. The number of nitrogens with zero attached hydrogens (tertiary/aromatic N) is 2. The molecule has 9 nitrogen and oxygen atoms in total. The average Bonchev–Trinajstić information content (AvgIpc) is 3.25. The quantitative estimate of drug-likeness (QED) is 0.0480. The Kier molecular flexibility index (Phi) is 17.6. The van der Waals surface area contributed by atoms with E-state index in [1.165, 1.54) is 23.6 Å². The van der Waals surface area contributed by atoms with Crippen molar-refractivity contribution in [2.45, 2.75) is 60.8 Å². The van der Waals surface area contributed by atoms with Crippen molar-refractivity contribution in [3.8, 4) is 28.7 Å². The van der Waals surface area contributed by atoms with Crippen molar-refractivity contribution in [1.82, 2.24) is 0 Å². The number of hydrogen-bond donors (Lipinski definition) is 1. The highest BCUT2D eigenvalue weighted by molar-refractivity contribution is 6.00. The molecule has 0 amide bonds. The van der Waals surface area contributed by atoms with Gasteiger partial charge in [0, 0.05) is 54.8 Å². The Morgan fingerprint density at radius 3 is 1.54 bits per heavy atom. The highest BCUT2D eigenvalue weighted by Crippen LogP contribution is 2.39. The van der Waals surface area contributed by atoms with Crippen LogP contribution < -0.4 is 29.0 Å². The van der Waals surface area contributed by atoms with Gasteiger partial charge in [-0.15, -0.1) is 0 Å². The second-order valence-corrected chi connectivity index (χ2v) is 14.5. The van der Waals surface area contributed by atoms with Crippen LogP contribution in [0.2, 0.25) is 0 Å². The Bertz CT molecular complexity index is 2000. The van der Waals surface area contributed by atoms with E-state index in [-0.39, 0.29) is 17.6 Å². The van der Waals surface area contributed by atoms with Crippen molar-refractivity contribution in [2.75, 3.05) is 46.9 Å². The number of carbonyl (C=O) groups is 1. The van der Waals surface area contributed by atoms with Gasteiger partial charge < -0.3 is 29.0 Å². The molecule has 0 spiro atoms. The molecule has 0 aliphatic heterocycles. The van der Waals surface area contributed by atoms with Gasteiger partial charge in [0.25, 0.3) is 0 Å². The van der Waals surface area contributed by atoms with Gasteiger partial charge in [0.1, 0.15) is 5.75 Å². The Balaban J connectivity index is 1.43. The molecule has 2 atom stereocenters. The average molecular weight is 800 g/mol. The molecule has 59 heavy (non-hydrogen) atoms.